The zero-order valence-corrected chi connectivity index (χ0v) is 12.0. The highest BCUT2D eigenvalue weighted by molar-refractivity contribution is 5.48. The first-order valence-corrected chi connectivity index (χ1v) is 6.81. The molecule has 18 heavy (non-hydrogen) atoms. The molecule has 1 aromatic heterocycles. The molecule has 1 unspecified atom stereocenters. The van der Waals surface area contributed by atoms with E-state index in [0.717, 1.165) is 11.4 Å². The molecule has 0 aliphatic heterocycles. The Kier molecular flexibility index (Phi) is 6.47. The van der Waals surface area contributed by atoms with Crippen molar-refractivity contribution in [1.29, 1.82) is 0 Å². The third-order valence-corrected chi connectivity index (χ3v) is 3.10. The molecule has 0 fully saturated rings. The lowest BCUT2D eigenvalue weighted by atomic mass is 10.1. The lowest BCUT2D eigenvalue weighted by Gasteiger charge is -2.16. The Hall–Kier alpha value is -1.32. The summed E-state index contributed by atoms with van der Waals surface area (Å²) in [6.07, 6.45) is 7.90. The zero-order valence-electron chi connectivity index (χ0n) is 12.0. The molecule has 0 amide bonds. The van der Waals surface area contributed by atoms with Crippen LogP contribution < -0.4 is 10.1 Å². The summed E-state index contributed by atoms with van der Waals surface area (Å²) in [6, 6.07) is 0.431. The third kappa shape index (κ3) is 4.51. The molecule has 1 atom stereocenters. The van der Waals surface area contributed by atoms with Crippen LogP contribution in [0.3, 0.4) is 0 Å². The first-order chi connectivity index (χ1) is 8.69. The maximum atomic E-state index is 5.19. The molecule has 0 aromatic carbocycles. The van der Waals surface area contributed by atoms with Gasteiger partial charge in [-0.3, -0.25) is 0 Å². The van der Waals surface area contributed by atoms with Gasteiger partial charge in [0.1, 0.15) is 12.1 Å². The Morgan fingerprint density at radius 3 is 2.72 bits per heavy atom. The van der Waals surface area contributed by atoms with Gasteiger partial charge in [0.25, 0.3) is 0 Å². The van der Waals surface area contributed by atoms with E-state index in [9.17, 15) is 0 Å². The molecule has 0 aliphatic carbocycles. The molecular formula is C14H25N3O. The van der Waals surface area contributed by atoms with Gasteiger partial charge in [-0.1, -0.05) is 32.6 Å². The molecule has 102 valence electrons. The van der Waals surface area contributed by atoms with Crippen molar-refractivity contribution in [3.05, 3.63) is 11.9 Å². The van der Waals surface area contributed by atoms with E-state index in [1.54, 1.807) is 7.11 Å². The van der Waals surface area contributed by atoms with Gasteiger partial charge in [0, 0.05) is 6.04 Å². The van der Waals surface area contributed by atoms with Crippen LogP contribution in [0.2, 0.25) is 0 Å². The number of anilines is 1. The van der Waals surface area contributed by atoms with Crippen molar-refractivity contribution >= 4 is 5.82 Å². The highest BCUT2D eigenvalue weighted by Gasteiger charge is 2.09. The molecule has 0 radical (unpaired) electrons. The standard InChI is InChI=1S/C14H25N3O/c1-5-6-7-8-9-11(2)17-13-12(3)14(18-4)16-10-15-13/h10-11H,5-9H2,1-4H3,(H,15,16,17). The Bertz CT molecular complexity index is 355. The quantitative estimate of drug-likeness (QED) is 0.718. The molecular weight excluding hydrogens is 226 g/mol. The monoisotopic (exact) mass is 251 g/mol. The number of aromatic nitrogens is 2. The average Bonchev–Trinajstić information content (AvgIpc) is 2.37. The summed E-state index contributed by atoms with van der Waals surface area (Å²) in [6.45, 7) is 6.41. The number of hydrogen-bond donors (Lipinski definition) is 1. The smallest absolute Gasteiger partial charge is 0.221 e. The molecule has 0 saturated carbocycles. The third-order valence-electron chi connectivity index (χ3n) is 3.10. The second-order valence-corrected chi connectivity index (χ2v) is 4.75. The molecule has 0 saturated heterocycles. The summed E-state index contributed by atoms with van der Waals surface area (Å²) in [7, 11) is 1.63. The summed E-state index contributed by atoms with van der Waals surface area (Å²) in [5.41, 5.74) is 0.973. The van der Waals surface area contributed by atoms with Gasteiger partial charge >= 0.3 is 0 Å². The lowest BCUT2D eigenvalue weighted by molar-refractivity contribution is 0.393. The van der Waals surface area contributed by atoms with Crippen LogP contribution in [0.25, 0.3) is 0 Å². The Balaban J connectivity index is 2.46. The van der Waals surface area contributed by atoms with Crippen LogP contribution in [0.5, 0.6) is 5.88 Å². The summed E-state index contributed by atoms with van der Waals surface area (Å²) < 4.78 is 5.19. The minimum Gasteiger partial charge on any atom is -0.481 e. The van der Waals surface area contributed by atoms with Crippen LogP contribution in [0.1, 0.15) is 51.5 Å². The van der Waals surface area contributed by atoms with Crippen LogP contribution >= 0.6 is 0 Å². The fraction of sp³-hybridized carbons (Fsp3) is 0.714. The highest BCUT2D eigenvalue weighted by Crippen LogP contribution is 2.21. The van der Waals surface area contributed by atoms with Crippen LogP contribution in [0.4, 0.5) is 5.82 Å². The molecule has 0 bridgehead atoms. The van der Waals surface area contributed by atoms with Crippen molar-refractivity contribution in [2.45, 2.75) is 58.9 Å². The maximum Gasteiger partial charge on any atom is 0.221 e. The summed E-state index contributed by atoms with van der Waals surface area (Å²) in [5.74, 6) is 1.52. The molecule has 4 heteroatoms. The Morgan fingerprint density at radius 2 is 2.06 bits per heavy atom. The van der Waals surface area contributed by atoms with E-state index >= 15 is 0 Å². The fourth-order valence-electron chi connectivity index (χ4n) is 1.97. The van der Waals surface area contributed by atoms with Crippen molar-refractivity contribution in [3.63, 3.8) is 0 Å². The van der Waals surface area contributed by atoms with Crippen LogP contribution in [0, 0.1) is 6.92 Å². The second-order valence-electron chi connectivity index (χ2n) is 4.75. The predicted molar refractivity (Wildman–Crippen MR) is 75.2 cm³/mol. The van der Waals surface area contributed by atoms with Gasteiger partial charge in [-0.25, -0.2) is 9.97 Å². The number of ether oxygens (including phenoxy) is 1. The van der Waals surface area contributed by atoms with Gasteiger partial charge < -0.3 is 10.1 Å². The SMILES string of the molecule is CCCCCCC(C)Nc1ncnc(OC)c1C. The van der Waals surface area contributed by atoms with E-state index < -0.39 is 0 Å². The van der Waals surface area contributed by atoms with E-state index in [1.807, 2.05) is 6.92 Å². The highest BCUT2D eigenvalue weighted by atomic mass is 16.5. The summed E-state index contributed by atoms with van der Waals surface area (Å²) in [4.78, 5) is 8.35. The molecule has 1 heterocycles. The normalized spacial score (nSPS) is 12.2. The zero-order chi connectivity index (χ0) is 13.4. The number of nitrogens with one attached hydrogen (secondary N) is 1. The minimum absolute atomic E-state index is 0.431. The van der Waals surface area contributed by atoms with E-state index in [2.05, 4.69) is 29.1 Å². The maximum absolute atomic E-state index is 5.19. The van der Waals surface area contributed by atoms with Gasteiger partial charge in [-0.05, 0) is 20.3 Å². The first-order valence-electron chi connectivity index (χ1n) is 6.81. The number of hydrogen-bond acceptors (Lipinski definition) is 4. The molecule has 1 aromatic rings. The summed E-state index contributed by atoms with van der Waals surface area (Å²) in [5, 5.41) is 3.43. The van der Waals surface area contributed by atoms with Gasteiger partial charge in [0.05, 0.1) is 12.7 Å². The van der Waals surface area contributed by atoms with E-state index in [1.165, 1.54) is 38.4 Å². The first kappa shape index (κ1) is 14.7. The second kappa shape index (κ2) is 7.90. The topological polar surface area (TPSA) is 47.0 Å². The molecule has 0 aliphatic rings. The summed E-state index contributed by atoms with van der Waals surface area (Å²) >= 11 is 0. The van der Waals surface area contributed by atoms with Crippen LogP contribution in [-0.2, 0) is 0 Å². The Labute approximate surface area is 110 Å². The lowest BCUT2D eigenvalue weighted by Crippen LogP contribution is -2.17. The van der Waals surface area contributed by atoms with Crippen LogP contribution in [-0.4, -0.2) is 23.1 Å². The largest absolute Gasteiger partial charge is 0.481 e. The van der Waals surface area contributed by atoms with E-state index in [4.69, 9.17) is 4.74 Å². The van der Waals surface area contributed by atoms with Crippen molar-refractivity contribution in [3.8, 4) is 5.88 Å². The van der Waals surface area contributed by atoms with E-state index in [-0.39, 0.29) is 0 Å². The van der Waals surface area contributed by atoms with Gasteiger partial charge in [0.15, 0.2) is 0 Å². The number of unbranched alkanes of at least 4 members (excludes halogenated alkanes) is 3. The number of methoxy groups -OCH3 is 1. The van der Waals surface area contributed by atoms with Gasteiger partial charge in [-0.15, -0.1) is 0 Å². The van der Waals surface area contributed by atoms with Crippen molar-refractivity contribution in [2.75, 3.05) is 12.4 Å². The molecule has 1 N–H and O–H groups in total. The number of rotatable bonds is 8. The van der Waals surface area contributed by atoms with E-state index in [0.29, 0.717) is 11.9 Å². The number of nitrogens with zero attached hydrogens (tertiary/aromatic N) is 2. The Morgan fingerprint density at radius 1 is 1.28 bits per heavy atom. The van der Waals surface area contributed by atoms with Gasteiger partial charge in [-0.2, -0.15) is 0 Å². The van der Waals surface area contributed by atoms with Gasteiger partial charge in [0.2, 0.25) is 5.88 Å². The predicted octanol–water partition coefficient (Wildman–Crippen LogP) is 3.56. The van der Waals surface area contributed by atoms with Crippen molar-refractivity contribution in [2.24, 2.45) is 0 Å². The van der Waals surface area contributed by atoms with Crippen LogP contribution in [0.15, 0.2) is 6.33 Å². The molecule has 1 rings (SSSR count). The van der Waals surface area contributed by atoms with Crippen molar-refractivity contribution < 1.29 is 4.74 Å². The van der Waals surface area contributed by atoms with Crippen molar-refractivity contribution in [1.82, 2.24) is 9.97 Å². The molecule has 4 nitrogen and oxygen atoms in total. The minimum atomic E-state index is 0.431. The average molecular weight is 251 g/mol. The fourth-order valence-corrected chi connectivity index (χ4v) is 1.97. The molecule has 0 spiro atoms.